The third-order valence-corrected chi connectivity index (χ3v) is 10.2. The Bertz CT molecular complexity index is 745. The summed E-state index contributed by atoms with van der Waals surface area (Å²) in [5, 5.41) is 10.9. The van der Waals surface area contributed by atoms with Gasteiger partial charge in [-0.15, -0.1) is 0 Å². The van der Waals surface area contributed by atoms with Gasteiger partial charge < -0.3 is 20.0 Å². The first-order chi connectivity index (χ1) is 12.9. The van der Waals surface area contributed by atoms with Crippen molar-refractivity contribution in [3.8, 4) is 5.75 Å². The highest BCUT2D eigenvalue weighted by Crippen LogP contribution is 2.43. The lowest BCUT2D eigenvalue weighted by atomic mass is 10.1. The first kappa shape index (κ1) is 22.4. The molecule has 1 heterocycles. The van der Waals surface area contributed by atoms with E-state index in [1.54, 1.807) is 4.90 Å². The number of nitrogens with zero attached hydrogens (tertiary/aromatic N) is 1. The second-order valence-corrected chi connectivity index (χ2v) is 13.5. The zero-order chi connectivity index (χ0) is 21.3. The molecule has 1 aromatic rings. The summed E-state index contributed by atoms with van der Waals surface area (Å²) in [4.78, 5) is 25.1. The van der Waals surface area contributed by atoms with Crippen molar-refractivity contribution in [3.05, 3.63) is 29.3 Å². The van der Waals surface area contributed by atoms with Crippen LogP contribution in [-0.4, -0.2) is 43.4 Å². The van der Waals surface area contributed by atoms with E-state index in [2.05, 4.69) is 38.6 Å². The summed E-state index contributed by atoms with van der Waals surface area (Å²) in [5.41, 5.74) is 7.14. The molecule has 1 aliphatic rings. The van der Waals surface area contributed by atoms with Gasteiger partial charge in [-0.05, 0) is 30.6 Å². The number of esters is 1. The highest BCUT2D eigenvalue weighted by atomic mass is 28.4. The summed E-state index contributed by atoms with van der Waals surface area (Å²) >= 11 is 0. The van der Waals surface area contributed by atoms with E-state index in [1.165, 1.54) is 7.11 Å². The summed E-state index contributed by atoms with van der Waals surface area (Å²) in [6.07, 6.45) is -0.740. The predicted molar refractivity (Wildman–Crippen MR) is 109 cm³/mol. The van der Waals surface area contributed by atoms with Crippen LogP contribution in [-0.2, 0) is 20.9 Å². The molecule has 28 heavy (non-hydrogen) atoms. The molecule has 2 atom stereocenters. The number of carbonyl (C=O) groups excluding carboxylic acids is 2. The van der Waals surface area contributed by atoms with E-state index in [-0.39, 0.29) is 17.9 Å². The van der Waals surface area contributed by atoms with Crippen LogP contribution in [0, 0.1) is 0 Å². The molecular formula is C20H32N2O5Si. The number of hydrogen-bond acceptors (Lipinski definition) is 6. The topological polar surface area (TPSA) is 102 Å². The molecule has 3 N–H and O–H groups in total. The molecule has 0 saturated heterocycles. The number of rotatable bonds is 7. The van der Waals surface area contributed by atoms with Crippen LogP contribution in [0.1, 0.15) is 51.0 Å². The van der Waals surface area contributed by atoms with Crippen molar-refractivity contribution in [1.82, 2.24) is 4.90 Å². The van der Waals surface area contributed by atoms with E-state index >= 15 is 0 Å². The number of methoxy groups -OCH3 is 1. The van der Waals surface area contributed by atoms with Gasteiger partial charge in [0.15, 0.2) is 0 Å². The maximum absolute atomic E-state index is 12.0. The number of hydrogen-bond donors (Lipinski definition) is 2. The molecule has 0 radical (unpaired) electrons. The van der Waals surface area contributed by atoms with Crippen molar-refractivity contribution in [2.24, 2.45) is 5.73 Å². The standard InChI is InChI=1S/C20H32N2O5Si/c1-20(2,3)28(5,6)27-16-9-7-8-13-14(16)12-22(19(13)25)15(18(21)24)10-11-17(23)26-4/h7-9,15,19,25H,10-12H2,1-6H3,(H2,21,24)/t15-,19?/m0/s1. The Labute approximate surface area is 167 Å². The van der Waals surface area contributed by atoms with Crippen LogP contribution in [0.4, 0.5) is 0 Å². The largest absolute Gasteiger partial charge is 0.543 e. The zero-order valence-electron chi connectivity index (χ0n) is 17.6. The minimum Gasteiger partial charge on any atom is -0.543 e. The van der Waals surface area contributed by atoms with Crippen molar-refractivity contribution in [2.45, 2.75) is 70.6 Å². The Kier molecular flexibility index (Phi) is 6.57. The smallest absolute Gasteiger partial charge is 0.305 e. The number of primary amides is 1. The summed E-state index contributed by atoms with van der Waals surface area (Å²) in [7, 11) is -0.771. The highest BCUT2D eigenvalue weighted by Gasteiger charge is 2.42. The fourth-order valence-corrected chi connectivity index (χ4v) is 4.12. The van der Waals surface area contributed by atoms with Crippen molar-refractivity contribution in [2.75, 3.05) is 7.11 Å². The van der Waals surface area contributed by atoms with Crippen molar-refractivity contribution in [1.29, 1.82) is 0 Å². The lowest BCUT2D eigenvalue weighted by molar-refractivity contribution is -0.141. The van der Waals surface area contributed by atoms with Gasteiger partial charge >= 0.3 is 5.97 Å². The molecule has 2 rings (SSSR count). The van der Waals surface area contributed by atoms with Crippen LogP contribution < -0.4 is 10.2 Å². The quantitative estimate of drug-likeness (QED) is 0.531. The first-order valence-electron chi connectivity index (χ1n) is 9.50. The summed E-state index contributed by atoms with van der Waals surface area (Å²) in [5.74, 6) is -0.260. The first-order valence-corrected chi connectivity index (χ1v) is 12.4. The number of aliphatic hydroxyl groups is 1. The molecule has 0 saturated carbocycles. The Morgan fingerprint density at radius 3 is 2.54 bits per heavy atom. The molecule has 1 unspecified atom stereocenters. The number of nitrogens with two attached hydrogens (primary N) is 1. The Morgan fingerprint density at radius 1 is 1.36 bits per heavy atom. The molecule has 0 aliphatic carbocycles. The SMILES string of the molecule is COC(=O)CC[C@@H](C(N)=O)N1Cc2c(O[Si](C)(C)C(C)(C)C)cccc2C1O. The Hall–Kier alpha value is -1.90. The van der Waals surface area contributed by atoms with Crippen LogP contribution in [0.15, 0.2) is 18.2 Å². The number of carbonyl (C=O) groups is 2. The van der Waals surface area contributed by atoms with Gasteiger partial charge in [-0.25, -0.2) is 0 Å². The lowest BCUT2D eigenvalue weighted by Gasteiger charge is -2.37. The fraction of sp³-hybridized carbons (Fsp3) is 0.600. The number of aliphatic hydroxyl groups excluding tert-OH is 1. The minimum absolute atomic E-state index is 0.0307. The molecule has 156 valence electrons. The molecule has 1 aromatic carbocycles. The molecule has 0 aromatic heterocycles. The molecule has 8 heteroatoms. The van der Waals surface area contributed by atoms with Gasteiger partial charge in [0.25, 0.3) is 0 Å². The van der Waals surface area contributed by atoms with Crippen LogP contribution in [0.5, 0.6) is 5.75 Å². The van der Waals surface area contributed by atoms with Crippen LogP contribution in [0.3, 0.4) is 0 Å². The summed E-state index contributed by atoms with van der Waals surface area (Å²) in [6.45, 7) is 11.2. The van der Waals surface area contributed by atoms with Crippen molar-refractivity contribution >= 4 is 20.2 Å². The van der Waals surface area contributed by atoms with Gasteiger partial charge in [0.05, 0.1) is 13.2 Å². The van der Waals surface area contributed by atoms with Gasteiger partial charge in [-0.3, -0.25) is 14.5 Å². The Morgan fingerprint density at radius 2 is 2.00 bits per heavy atom. The monoisotopic (exact) mass is 408 g/mol. The van der Waals surface area contributed by atoms with Gasteiger partial charge in [-0.2, -0.15) is 0 Å². The average Bonchev–Trinajstić information content (AvgIpc) is 2.91. The third-order valence-electron chi connectivity index (χ3n) is 5.85. The number of ether oxygens (including phenoxy) is 1. The average molecular weight is 409 g/mol. The maximum Gasteiger partial charge on any atom is 0.305 e. The van der Waals surface area contributed by atoms with Gasteiger partial charge in [-0.1, -0.05) is 32.9 Å². The van der Waals surface area contributed by atoms with E-state index in [0.717, 1.165) is 11.3 Å². The van der Waals surface area contributed by atoms with Gasteiger partial charge in [0.2, 0.25) is 14.2 Å². The zero-order valence-corrected chi connectivity index (χ0v) is 18.6. The second-order valence-electron chi connectivity index (χ2n) is 8.77. The van der Waals surface area contributed by atoms with Crippen molar-refractivity contribution in [3.63, 3.8) is 0 Å². The van der Waals surface area contributed by atoms with Gasteiger partial charge in [0, 0.05) is 24.1 Å². The number of amides is 1. The summed E-state index contributed by atoms with van der Waals surface area (Å²) in [6, 6.07) is 4.81. The molecule has 1 aliphatic heterocycles. The van der Waals surface area contributed by atoms with Gasteiger partial charge in [0.1, 0.15) is 12.0 Å². The van der Waals surface area contributed by atoms with Crippen molar-refractivity contribution < 1.29 is 23.9 Å². The van der Waals surface area contributed by atoms with E-state index in [9.17, 15) is 14.7 Å². The number of fused-ring (bicyclic) bond motifs is 1. The summed E-state index contributed by atoms with van der Waals surface area (Å²) < 4.78 is 11.1. The molecule has 7 nitrogen and oxygen atoms in total. The number of benzene rings is 1. The van der Waals surface area contributed by atoms with Crippen LogP contribution in [0.25, 0.3) is 0 Å². The molecule has 0 spiro atoms. The van der Waals surface area contributed by atoms with Crippen LogP contribution >= 0.6 is 0 Å². The second kappa shape index (κ2) is 8.22. The molecule has 0 bridgehead atoms. The minimum atomic E-state index is -2.07. The van der Waals surface area contributed by atoms with E-state index in [4.69, 9.17) is 10.2 Å². The maximum atomic E-state index is 12.0. The van der Waals surface area contributed by atoms with E-state index < -0.39 is 32.5 Å². The molecule has 0 fully saturated rings. The Balaban J connectivity index is 2.29. The molecule has 1 amide bonds. The predicted octanol–water partition coefficient (Wildman–Crippen LogP) is 2.68. The fourth-order valence-electron chi connectivity index (χ4n) is 3.07. The molecular weight excluding hydrogens is 376 g/mol. The van der Waals surface area contributed by atoms with Crippen LogP contribution in [0.2, 0.25) is 18.1 Å². The lowest BCUT2D eigenvalue weighted by Crippen LogP contribution is -2.44. The van der Waals surface area contributed by atoms with E-state index in [0.29, 0.717) is 12.1 Å². The normalized spacial score (nSPS) is 18.5. The van der Waals surface area contributed by atoms with E-state index in [1.807, 2.05) is 18.2 Å². The third kappa shape index (κ3) is 4.56. The highest BCUT2D eigenvalue weighted by molar-refractivity contribution is 6.74.